The predicted molar refractivity (Wildman–Crippen MR) is 29.1 cm³/mol. The zero-order chi connectivity index (χ0) is 6.78. The Morgan fingerprint density at radius 2 is 2.67 bits per heavy atom. The molecule has 0 fully saturated rings. The van der Waals surface area contributed by atoms with Gasteiger partial charge in [-0.25, -0.2) is 0 Å². The Kier molecular flexibility index (Phi) is 1.78. The summed E-state index contributed by atoms with van der Waals surface area (Å²) in [5.41, 5.74) is 0. The van der Waals surface area contributed by atoms with Crippen molar-refractivity contribution >= 4 is 21.7 Å². The van der Waals surface area contributed by atoms with E-state index in [1.165, 1.54) is 6.92 Å². The van der Waals surface area contributed by atoms with Gasteiger partial charge in [0.15, 0.2) is 0 Å². The lowest BCUT2D eigenvalue weighted by atomic mass is 10.4. The molecule has 2 heteroatoms. The standard InChI is InChI=1S/C4H7BrO/c1-4(6)2-3-5/h2-3H2,1H3/i2D2. The minimum absolute atomic E-state index is 0.0787. The Hall–Kier alpha value is 0.150. The number of hydrogen-bond donors (Lipinski definition) is 0. The second-order valence-corrected chi connectivity index (χ2v) is 1.43. The number of ketones is 1. The van der Waals surface area contributed by atoms with Crippen LogP contribution < -0.4 is 0 Å². The first kappa shape index (κ1) is 3.19. The number of carbonyl (C=O) groups is 1. The molecule has 0 rings (SSSR count). The fraction of sp³-hybridized carbons (Fsp3) is 0.750. The van der Waals surface area contributed by atoms with E-state index < -0.39 is 12.2 Å². The summed E-state index contributed by atoms with van der Waals surface area (Å²) in [7, 11) is 0. The van der Waals surface area contributed by atoms with Gasteiger partial charge < -0.3 is 0 Å². The average molecular weight is 153 g/mol. The molecule has 0 aromatic heterocycles. The molecule has 1 nitrogen and oxygen atoms in total. The molecule has 0 aromatic carbocycles. The van der Waals surface area contributed by atoms with Crippen LogP contribution in [0.1, 0.15) is 16.0 Å². The maximum atomic E-state index is 10.3. The number of alkyl halides is 1. The highest BCUT2D eigenvalue weighted by molar-refractivity contribution is 9.09. The van der Waals surface area contributed by atoms with Gasteiger partial charge >= 0.3 is 0 Å². The molecule has 0 saturated heterocycles. The summed E-state index contributed by atoms with van der Waals surface area (Å²) >= 11 is 2.88. The van der Waals surface area contributed by atoms with Gasteiger partial charge in [0.2, 0.25) is 0 Å². The summed E-state index contributed by atoms with van der Waals surface area (Å²) in [6, 6.07) is 0. The van der Waals surface area contributed by atoms with E-state index in [4.69, 9.17) is 2.74 Å². The highest BCUT2D eigenvalue weighted by atomic mass is 79.9. The highest BCUT2D eigenvalue weighted by Gasteiger charge is 1.84. The molecule has 0 aliphatic rings. The number of carbonyl (C=O) groups excluding carboxylic acids is 1. The summed E-state index contributed by atoms with van der Waals surface area (Å²) in [4.78, 5) is 10.3. The summed E-state index contributed by atoms with van der Waals surface area (Å²) in [6.45, 7) is 1.24. The topological polar surface area (TPSA) is 17.1 Å². The van der Waals surface area contributed by atoms with E-state index in [9.17, 15) is 4.79 Å². The van der Waals surface area contributed by atoms with Crippen LogP contribution in [0.3, 0.4) is 0 Å². The maximum Gasteiger partial charge on any atom is 0.130 e. The Labute approximate surface area is 48.7 Å². The van der Waals surface area contributed by atoms with Gasteiger partial charge in [-0.2, -0.15) is 0 Å². The van der Waals surface area contributed by atoms with Crippen LogP contribution >= 0.6 is 15.9 Å². The van der Waals surface area contributed by atoms with Crippen molar-refractivity contribution in [2.45, 2.75) is 13.3 Å². The molecule has 0 aliphatic carbocycles. The summed E-state index contributed by atoms with van der Waals surface area (Å²) in [6.07, 6.45) is -1.68. The van der Waals surface area contributed by atoms with Crippen molar-refractivity contribution in [1.82, 2.24) is 0 Å². The molecule has 0 atom stereocenters. The van der Waals surface area contributed by atoms with Crippen LogP contribution in [0.4, 0.5) is 0 Å². The van der Waals surface area contributed by atoms with Gasteiger partial charge in [0.25, 0.3) is 0 Å². The normalized spacial score (nSPS) is 15.7. The van der Waals surface area contributed by atoms with Crippen molar-refractivity contribution in [3.63, 3.8) is 0 Å². The van der Waals surface area contributed by atoms with Gasteiger partial charge in [0, 0.05) is 14.4 Å². The molecule has 0 aliphatic heterocycles. The van der Waals surface area contributed by atoms with Gasteiger partial charge in [-0.3, -0.25) is 4.79 Å². The molecule has 0 aromatic rings. The third kappa shape index (κ3) is 4.15. The first-order chi connectivity index (χ1) is 3.50. The van der Waals surface area contributed by atoms with Gasteiger partial charge in [-0.1, -0.05) is 15.9 Å². The van der Waals surface area contributed by atoms with Crippen molar-refractivity contribution in [3.8, 4) is 0 Å². The van der Waals surface area contributed by atoms with E-state index >= 15 is 0 Å². The van der Waals surface area contributed by atoms with Crippen LogP contribution in [0.25, 0.3) is 0 Å². The van der Waals surface area contributed by atoms with Crippen LogP contribution in [0.15, 0.2) is 0 Å². The highest BCUT2D eigenvalue weighted by Crippen LogP contribution is 1.86. The van der Waals surface area contributed by atoms with Crippen LogP contribution in [0, 0.1) is 0 Å². The van der Waals surface area contributed by atoms with E-state index in [0.29, 0.717) is 0 Å². The number of Topliss-reactive ketones (excluding diaryl/α,β-unsaturated/α-hetero) is 1. The smallest absolute Gasteiger partial charge is 0.130 e. The largest absolute Gasteiger partial charge is 0.300 e. The fourth-order valence-electron chi connectivity index (χ4n) is 0.0941. The van der Waals surface area contributed by atoms with E-state index in [0.717, 1.165) is 0 Å². The third-order valence-electron chi connectivity index (χ3n) is 0.316. The lowest BCUT2D eigenvalue weighted by Gasteiger charge is -1.79. The predicted octanol–water partition coefficient (Wildman–Crippen LogP) is 1.36. The molecule has 0 radical (unpaired) electrons. The lowest BCUT2D eigenvalue weighted by molar-refractivity contribution is -0.116. The minimum atomic E-state index is -1.68. The van der Waals surface area contributed by atoms with Gasteiger partial charge in [0.1, 0.15) is 5.78 Å². The van der Waals surface area contributed by atoms with Crippen molar-refractivity contribution in [2.24, 2.45) is 0 Å². The van der Waals surface area contributed by atoms with Gasteiger partial charge in [0.05, 0.1) is 0 Å². The first-order valence-electron chi connectivity index (χ1n) is 2.57. The van der Waals surface area contributed by atoms with E-state index in [1.807, 2.05) is 0 Å². The van der Waals surface area contributed by atoms with Crippen LogP contribution in [-0.4, -0.2) is 11.1 Å². The number of rotatable bonds is 2. The molecule has 0 saturated carbocycles. The van der Waals surface area contributed by atoms with E-state index in [1.54, 1.807) is 0 Å². The Balaban J connectivity index is 3.91. The van der Waals surface area contributed by atoms with E-state index in [-0.39, 0.29) is 5.33 Å². The molecule has 0 amide bonds. The van der Waals surface area contributed by atoms with E-state index in [2.05, 4.69) is 15.9 Å². The van der Waals surface area contributed by atoms with Crippen LogP contribution in [0.5, 0.6) is 0 Å². The van der Waals surface area contributed by atoms with Gasteiger partial charge in [-0.05, 0) is 6.92 Å². The molecule has 0 spiro atoms. The van der Waals surface area contributed by atoms with Crippen molar-refractivity contribution in [3.05, 3.63) is 0 Å². The van der Waals surface area contributed by atoms with Crippen molar-refractivity contribution in [2.75, 3.05) is 5.33 Å². The Morgan fingerprint density at radius 1 is 2.17 bits per heavy atom. The van der Waals surface area contributed by atoms with Crippen LogP contribution in [-0.2, 0) is 4.79 Å². The number of halogens is 1. The van der Waals surface area contributed by atoms with Crippen molar-refractivity contribution in [1.29, 1.82) is 0 Å². The molecule has 0 N–H and O–H groups in total. The minimum Gasteiger partial charge on any atom is -0.300 e. The lowest BCUT2D eigenvalue weighted by Crippen LogP contribution is -1.87. The third-order valence-corrected chi connectivity index (χ3v) is 0.596. The zero-order valence-corrected chi connectivity index (χ0v) is 5.08. The monoisotopic (exact) mass is 152 g/mol. The molecule has 0 unspecified atom stereocenters. The second-order valence-electron chi connectivity index (χ2n) is 0.867. The summed E-state index contributed by atoms with van der Waals surface area (Å²) in [5.74, 6) is -0.436. The second kappa shape index (κ2) is 3.34. The molecular formula is C4H7BrO. The maximum absolute atomic E-state index is 10.3. The van der Waals surface area contributed by atoms with Gasteiger partial charge in [-0.15, -0.1) is 0 Å². The van der Waals surface area contributed by atoms with Crippen molar-refractivity contribution < 1.29 is 7.54 Å². The zero-order valence-electron chi connectivity index (χ0n) is 5.49. The SMILES string of the molecule is [2H]C([2H])(CBr)C(C)=O. The molecule has 0 bridgehead atoms. The molecule has 0 heterocycles. The molecular weight excluding hydrogens is 144 g/mol. The Morgan fingerprint density at radius 3 is 2.67 bits per heavy atom. The molecule has 6 heavy (non-hydrogen) atoms. The Bertz CT molecular complexity index is 102. The average Bonchev–Trinajstić information content (AvgIpc) is 1.67. The summed E-state index contributed by atoms with van der Waals surface area (Å²) < 4.78 is 13.8. The quantitative estimate of drug-likeness (QED) is 0.547. The summed E-state index contributed by atoms with van der Waals surface area (Å²) in [5, 5.41) is 0.0787. The first-order valence-corrected chi connectivity index (χ1v) is 2.70. The van der Waals surface area contributed by atoms with Crippen LogP contribution in [0.2, 0.25) is 0 Å². The molecule has 36 valence electrons. The number of hydrogen-bond acceptors (Lipinski definition) is 1. The fourth-order valence-corrected chi connectivity index (χ4v) is 0.489.